The monoisotopic (exact) mass is 321 g/mol. The minimum atomic E-state index is 0.496. The van der Waals surface area contributed by atoms with Crippen LogP contribution in [0.25, 0.3) is 11.0 Å². The summed E-state index contributed by atoms with van der Waals surface area (Å²) in [6.07, 6.45) is 1.16. The van der Waals surface area contributed by atoms with E-state index in [-0.39, 0.29) is 0 Å². The summed E-state index contributed by atoms with van der Waals surface area (Å²) in [5.74, 6) is 2.54. The van der Waals surface area contributed by atoms with E-state index in [0.717, 1.165) is 48.7 Å². The maximum absolute atomic E-state index is 5.23. The van der Waals surface area contributed by atoms with Gasteiger partial charge in [0.05, 0.1) is 18.1 Å². The van der Waals surface area contributed by atoms with Gasteiger partial charge in [-0.15, -0.1) is 0 Å². The number of benzene rings is 2. The van der Waals surface area contributed by atoms with Gasteiger partial charge in [-0.05, 0) is 55.3 Å². The Morgan fingerprint density at radius 2 is 2.04 bits per heavy atom. The molecule has 0 aliphatic carbocycles. The molecule has 1 unspecified atom stereocenters. The topological polar surface area (TPSA) is 41.1 Å². The lowest BCUT2D eigenvalue weighted by Crippen LogP contribution is -2.19. The molecule has 124 valence electrons. The van der Waals surface area contributed by atoms with Crippen molar-refractivity contribution in [3.8, 4) is 5.75 Å². The molecule has 24 heavy (non-hydrogen) atoms. The van der Waals surface area contributed by atoms with E-state index in [1.165, 1.54) is 11.1 Å². The number of aryl methyl sites for hydroxylation is 1. The van der Waals surface area contributed by atoms with Crippen LogP contribution in [-0.2, 0) is 6.54 Å². The summed E-state index contributed by atoms with van der Waals surface area (Å²) in [6.45, 7) is 5.28. The Bertz CT molecular complexity index is 838. The summed E-state index contributed by atoms with van der Waals surface area (Å²) in [4.78, 5) is 10.8. The fraction of sp³-hybridized carbons (Fsp3) is 0.350. The Kier molecular flexibility index (Phi) is 3.98. The van der Waals surface area contributed by atoms with Crippen molar-refractivity contribution in [3.63, 3.8) is 0 Å². The molecular formula is C20H23N3O. The highest BCUT2D eigenvalue weighted by Gasteiger charge is 2.26. The number of likely N-dealkylation sites (tertiary alicyclic amines) is 1. The number of nitrogens with zero attached hydrogens (tertiary/aromatic N) is 2. The van der Waals surface area contributed by atoms with Gasteiger partial charge in [0.15, 0.2) is 0 Å². The predicted molar refractivity (Wildman–Crippen MR) is 96.5 cm³/mol. The normalized spacial score (nSPS) is 18.3. The van der Waals surface area contributed by atoms with Crippen LogP contribution in [0.15, 0.2) is 42.5 Å². The van der Waals surface area contributed by atoms with Crippen LogP contribution in [0.3, 0.4) is 0 Å². The Labute approximate surface area is 142 Å². The van der Waals surface area contributed by atoms with Crippen LogP contribution < -0.4 is 4.74 Å². The summed E-state index contributed by atoms with van der Waals surface area (Å²) >= 11 is 0. The molecule has 3 aromatic rings. The van der Waals surface area contributed by atoms with E-state index in [1.54, 1.807) is 7.11 Å². The summed E-state index contributed by atoms with van der Waals surface area (Å²) in [5, 5.41) is 0. The first-order valence-electron chi connectivity index (χ1n) is 8.53. The SMILES string of the molecule is COc1ccc(CN2CCC(c3nc4ccc(C)cc4[nH]3)C2)cc1. The molecule has 1 fully saturated rings. The number of H-pyrrole nitrogens is 1. The van der Waals surface area contributed by atoms with Crippen molar-refractivity contribution in [2.75, 3.05) is 20.2 Å². The minimum absolute atomic E-state index is 0.496. The zero-order valence-electron chi connectivity index (χ0n) is 14.2. The number of aromatic amines is 1. The maximum Gasteiger partial charge on any atom is 0.118 e. The van der Waals surface area contributed by atoms with E-state index in [9.17, 15) is 0 Å². The van der Waals surface area contributed by atoms with Crippen LogP contribution in [-0.4, -0.2) is 35.1 Å². The first-order valence-corrected chi connectivity index (χ1v) is 8.53. The molecule has 1 N–H and O–H groups in total. The third kappa shape index (κ3) is 3.02. The van der Waals surface area contributed by atoms with E-state index in [0.29, 0.717) is 5.92 Å². The summed E-state index contributed by atoms with van der Waals surface area (Å²) in [6, 6.07) is 14.8. The second-order valence-electron chi connectivity index (χ2n) is 6.71. The smallest absolute Gasteiger partial charge is 0.118 e. The van der Waals surface area contributed by atoms with Crippen LogP contribution in [0.2, 0.25) is 0 Å². The van der Waals surface area contributed by atoms with Crippen molar-refractivity contribution >= 4 is 11.0 Å². The van der Waals surface area contributed by atoms with Gasteiger partial charge in [0, 0.05) is 19.0 Å². The summed E-state index contributed by atoms with van der Waals surface area (Å²) in [5.41, 5.74) is 4.82. The molecular weight excluding hydrogens is 298 g/mol. The van der Waals surface area contributed by atoms with Gasteiger partial charge >= 0.3 is 0 Å². The first kappa shape index (κ1) is 15.2. The molecule has 4 nitrogen and oxygen atoms in total. The molecule has 2 aromatic carbocycles. The van der Waals surface area contributed by atoms with Crippen molar-refractivity contribution < 1.29 is 4.74 Å². The lowest BCUT2D eigenvalue weighted by molar-refractivity contribution is 0.325. The molecule has 4 heteroatoms. The molecule has 2 heterocycles. The van der Waals surface area contributed by atoms with Gasteiger partial charge in [-0.1, -0.05) is 18.2 Å². The third-order valence-corrected chi connectivity index (χ3v) is 4.88. The van der Waals surface area contributed by atoms with E-state index in [2.05, 4.69) is 47.1 Å². The molecule has 1 atom stereocenters. The molecule has 4 rings (SSSR count). The number of hydrogen-bond donors (Lipinski definition) is 1. The molecule has 0 saturated carbocycles. The maximum atomic E-state index is 5.23. The molecule has 0 bridgehead atoms. The molecule has 1 saturated heterocycles. The highest BCUT2D eigenvalue weighted by Crippen LogP contribution is 2.28. The molecule has 0 spiro atoms. The number of fused-ring (bicyclic) bond motifs is 1. The van der Waals surface area contributed by atoms with Crippen molar-refractivity contribution in [2.45, 2.75) is 25.8 Å². The van der Waals surface area contributed by atoms with Crippen LogP contribution in [0.1, 0.15) is 29.3 Å². The standard InChI is InChI=1S/C20H23N3O/c1-14-3-8-18-19(11-14)22-20(21-18)16-9-10-23(13-16)12-15-4-6-17(24-2)7-5-15/h3-8,11,16H,9-10,12-13H2,1-2H3,(H,21,22). The van der Waals surface area contributed by atoms with E-state index >= 15 is 0 Å². The second kappa shape index (κ2) is 6.29. The van der Waals surface area contributed by atoms with Gasteiger partial charge in [-0.25, -0.2) is 4.98 Å². The molecule has 1 aromatic heterocycles. The number of imidazole rings is 1. The van der Waals surface area contributed by atoms with Crippen molar-refractivity contribution in [1.29, 1.82) is 0 Å². The average Bonchev–Trinajstić information content (AvgIpc) is 3.21. The van der Waals surface area contributed by atoms with Gasteiger partial charge < -0.3 is 9.72 Å². The molecule has 1 aliphatic heterocycles. The average molecular weight is 321 g/mol. The van der Waals surface area contributed by atoms with E-state index < -0.39 is 0 Å². The van der Waals surface area contributed by atoms with Gasteiger partial charge in [-0.3, -0.25) is 4.90 Å². The minimum Gasteiger partial charge on any atom is -0.497 e. The third-order valence-electron chi connectivity index (χ3n) is 4.88. The van der Waals surface area contributed by atoms with Crippen LogP contribution in [0, 0.1) is 6.92 Å². The van der Waals surface area contributed by atoms with Crippen LogP contribution >= 0.6 is 0 Å². The van der Waals surface area contributed by atoms with Crippen molar-refractivity contribution in [1.82, 2.24) is 14.9 Å². The van der Waals surface area contributed by atoms with Crippen molar-refractivity contribution in [3.05, 3.63) is 59.4 Å². The largest absolute Gasteiger partial charge is 0.497 e. The van der Waals surface area contributed by atoms with E-state index in [4.69, 9.17) is 9.72 Å². The molecule has 0 amide bonds. The highest BCUT2D eigenvalue weighted by atomic mass is 16.5. The second-order valence-corrected chi connectivity index (χ2v) is 6.71. The zero-order valence-corrected chi connectivity index (χ0v) is 14.2. The highest BCUT2D eigenvalue weighted by molar-refractivity contribution is 5.75. The number of aromatic nitrogens is 2. The van der Waals surface area contributed by atoms with Gasteiger partial charge in [0.1, 0.15) is 11.6 Å². The molecule has 0 radical (unpaired) electrons. The number of rotatable bonds is 4. The number of ether oxygens (including phenoxy) is 1. The lowest BCUT2D eigenvalue weighted by atomic mass is 10.1. The van der Waals surface area contributed by atoms with Gasteiger partial charge in [0.25, 0.3) is 0 Å². The Balaban J connectivity index is 1.44. The Morgan fingerprint density at radius 3 is 2.83 bits per heavy atom. The van der Waals surface area contributed by atoms with Gasteiger partial charge in [0.2, 0.25) is 0 Å². The summed E-state index contributed by atoms with van der Waals surface area (Å²) < 4.78 is 5.23. The van der Waals surface area contributed by atoms with Crippen molar-refractivity contribution in [2.24, 2.45) is 0 Å². The fourth-order valence-corrected chi connectivity index (χ4v) is 3.53. The molecule has 1 aliphatic rings. The fourth-order valence-electron chi connectivity index (χ4n) is 3.53. The van der Waals surface area contributed by atoms with Gasteiger partial charge in [-0.2, -0.15) is 0 Å². The Morgan fingerprint density at radius 1 is 1.21 bits per heavy atom. The predicted octanol–water partition coefficient (Wildman–Crippen LogP) is 3.87. The van der Waals surface area contributed by atoms with Crippen LogP contribution in [0.4, 0.5) is 0 Å². The summed E-state index contributed by atoms with van der Waals surface area (Å²) in [7, 11) is 1.70. The first-order chi connectivity index (χ1) is 11.7. The van der Waals surface area contributed by atoms with E-state index in [1.807, 2.05) is 12.1 Å². The van der Waals surface area contributed by atoms with Crippen LogP contribution in [0.5, 0.6) is 5.75 Å². The number of nitrogens with one attached hydrogen (secondary N) is 1. The lowest BCUT2D eigenvalue weighted by Gasteiger charge is -2.15. The Hall–Kier alpha value is -2.33. The zero-order chi connectivity index (χ0) is 16.5. The number of methoxy groups -OCH3 is 1. The quantitative estimate of drug-likeness (QED) is 0.793. The number of hydrogen-bond acceptors (Lipinski definition) is 3.